The predicted molar refractivity (Wildman–Crippen MR) is 83.7 cm³/mol. The summed E-state index contributed by atoms with van der Waals surface area (Å²) in [7, 11) is 1.96. The van der Waals surface area contributed by atoms with Gasteiger partial charge in [-0.15, -0.1) is 0 Å². The average molecular weight is 278 g/mol. The maximum atomic E-state index is 4.16. The molecule has 106 valence electrons. The second-order valence-corrected chi connectivity index (χ2v) is 4.95. The van der Waals surface area contributed by atoms with Gasteiger partial charge in [0.1, 0.15) is 12.7 Å². The standard InChI is InChI=1S/C17H18N4/c1-18-17(11-21-13-19-12-20-21)16-9-7-15(8-10-16)14-5-3-2-4-6-14/h2-10,12-13,17-18H,11H2,1H3. The molecule has 0 aliphatic rings. The number of nitrogens with one attached hydrogen (secondary N) is 1. The molecule has 1 aromatic heterocycles. The number of nitrogens with zero attached hydrogens (tertiary/aromatic N) is 3. The van der Waals surface area contributed by atoms with Gasteiger partial charge in [0.2, 0.25) is 0 Å². The van der Waals surface area contributed by atoms with Gasteiger partial charge < -0.3 is 5.32 Å². The third-order valence-corrected chi connectivity index (χ3v) is 3.60. The van der Waals surface area contributed by atoms with Gasteiger partial charge in [0.15, 0.2) is 0 Å². The highest BCUT2D eigenvalue weighted by atomic mass is 15.3. The van der Waals surface area contributed by atoms with Crippen molar-refractivity contribution in [2.45, 2.75) is 12.6 Å². The van der Waals surface area contributed by atoms with Crippen molar-refractivity contribution >= 4 is 0 Å². The van der Waals surface area contributed by atoms with Gasteiger partial charge in [-0.3, -0.25) is 4.68 Å². The van der Waals surface area contributed by atoms with E-state index in [2.05, 4.69) is 63.9 Å². The molecule has 1 atom stereocenters. The highest BCUT2D eigenvalue weighted by molar-refractivity contribution is 5.63. The van der Waals surface area contributed by atoms with E-state index >= 15 is 0 Å². The largest absolute Gasteiger partial charge is 0.311 e. The summed E-state index contributed by atoms with van der Waals surface area (Å²) in [6, 6.07) is 19.3. The third kappa shape index (κ3) is 3.17. The first-order valence-electron chi connectivity index (χ1n) is 7.02. The van der Waals surface area contributed by atoms with Gasteiger partial charge in [-0.1, -0.05) is 54.6 Å². The Kier molecular flexibility index (Phi) is 4.07. The number of likely N-dealkylation sites (N-methyl/N-ethyl adjacent to an activating group) is 1. The number of hydrogen-bond donors (Lipinski definition) is 1. The van der Waals surface area contributed by atoms with Crippen molar-refractivity contribution in [3.63, 3.8) is 0 Å². The first kappa shape index (κ1) is 13.5. The van der Waals surface area contributed by atoms with Crippen LogP contribution in [0.5, 0.6) is 0 Å². The van der Waals surface area contributed by atoms with Crippen LogP contribution in [0.25, 0.3) is 11.1 Å². The van der Waals surface area contributed by atoms with Crippen LogP contribution >= 0.6 is 0 Å². The topological polar surface area (TPSA) is 42.7 Å². The molecule has 0 bridgehead atoms. The van der Waals surface area contributed by atoms with Crippen molar-refractivity contribution in [2.75, 3.05) is 7.05 Å². The summed E-state index contributed by atoms with van der Waals surface area (Å²) in [6.45, 7) is 0.765. The molecule has 1 heterocycles. The molecular weight excluding hydrogens is 260 g/mol. The first-order chi connectivity index (χ1) is 10.4. The Hall–Kier alpha value is -2.46. The molecule has 1 unspecified atom stereocenters. The molecule has 0 amide bonds. The number of rotatable bonds is 5. The first-order valence-corrected chi connectivity index (χ1v) is 7.02. The Morgan fingerprint density at radius 1 is 1.00 bits per heavy atom. The summed E-state index contributed by atoms with van der Waals surface area (Å²) in [5.74, 6) is 0. The van der Waals surface area contributed by atoms with Gasteiger partial charge >= 0.3 is 0 Å². The molecule has 3 rings (SSSR count). The molecule has 0 fully saturated rings. The maximum Gasteiger partial charge on any atom is 0.137 e. The van der Waals surface area contributed by atoms with Gasteiger partial charge in [-0.2, -0.15) is 5.10 Å². The lowest BCUT2D eigenvalue weighted by Gasteiger charge is -2.17. The third-order valence-electron chi connectivity index (χ3n) is 3.60. The van der Waals surface area contributed by atoms with Crippen molar-refractivity contribution in [1.29, 1.82) is 0 Å². The van der Waals surface area contributed by atoms with Crippen molar-refractivity contribution in [3.05, 3.63) is 72.8 Å². The molecule has 0 radical (unpaired) electrons. The number of benzene rings is 2. The smallest absolute Gasteiger partial charge is 0.137 e. The Labute approximate surface area is 124 Å². The molecule has 0 spiro atoms. The quantitative estimate of drug-likeness (QED) is 0.780. The van der Waals surface area contributed by atoms with E-state index in [1.54, 1.807) is 12.7 Å². The molecule has 0 aliphatic carbocycles. The van der Waals surface area contributed by atoms with E-state index in [0.29, 0.717) is 0 Å². The predicted octanol–water partition coefficient (Wildman–Crippen LogP) is 2.91. The van der Waals surface area contributed by atoms with Gasteiger partial charge in [-0.05, 0) is 23.7 Å². The second kappa shape index (κ2) is 6.33. The van der Waals surface area contributed by atoms with E-state index in [1.165, 1.54) is 16.7 Å². The maximum absolute atomic E-state index is 4.16. The fourth-order valence-corrected chi connectivity index (χ4v) is 2.42. The summed E-state index contributed by atoms with van der Waals surface area (Å²) in [4.78, 5) is 3.98. The van der Waals surface area contributed by atoms with E-state index in [4.69, 9.17) is 0 Å². The fourth-order valence-electron chi connectivity index (χ4n) is 2.42. The lowest BCUT2D eigenvalue weighted by Crippen LogP contribution is -2.22. The van der Waals surface area contributed by atoms with Crippen molar-refractivity contribution < 1.29 is 0 Å². The van der Waals surface area contributed by atoms with Crippen LogP contribution in [0.1, 0.15) is 11.6 Å². The normalized spacial score (nSPS) is 12.2. The Morgan fingerprint density at radius 3 is 2.33 bits per heavy atom. The molecule has 4 heteroatoms. The molecule has 1 N–H and O–H groups in total. The Bertz CT molecular complexity index is 660. The molecule has 3 aromatic rings. The van der Waals surface area contributed by atoms with Crippen LogP contribution in [-0.2, 0) is 6.54 Å². The lowest BCUT2D eigenvalue weighted by atomic mass is 10.0. The summed E-state index contributed by atoms with van der Waals surface area (Å²) in [5.41, 5.74) is 3.71. The fraction of sp³-hybridized carbons (Fsp3) is 0.176. The van der Waals surface area contributed by atoms with Gasteiger partial charge in [-0.25, -0.2) is 4.98 Å². The molecule has 21 heavy (non-hydrogen) atoms. The van der Waals surface area contributed by atoms with E-state index in [-0.39, 0.29) is 6.04 Å². The van der Waals surface area contributed by atoms with Gasteiger partial charge in [0.05, 0.1) is 12.6 Å². The SMILES string of the molecule is CNC(Cn1cncn1)c1ccc(-c2ccccc2)cc1. The summed E-state index contributed by atoms with van der Waals surface area (Å²) in [5, 5.41) is 7.49. The van der Waals surface area contributed by atoms with Crippen LogP contribution in [0.15, 0.2) is 67.3 Å². The molecule has 0 saturated heterocycles. The zero-order chi connectivity index (χ0) is 14.5. The molecular formula is C17H18N4. The van der Waals surface area contributed by atoms with Gasteiger partial charge in [0.25, 0.3) is 0 Å². The van der Waals surface area contributed by atoms with E-state index < -0.39 is 0 Å². The minimum Gasteiger partial charge on any atom is -0.311 e. The average Bonchev–Trinajstić information content (AvgIpc) is 3.07. The molecule has 0 saturated carbocycles. The molecule has 4 nitrogen and oxygen atoms in total. The lowest BCUT2D eigenvalue weighted by molar-refractivity contribution is 0.467. The summed E-state index contributed by atoms with van der Waals surface area (Å²) in [6.07, 6.45) is 3.30. The summed E-state index contributed by atoms with van der Waals surface area (Å²) >= 11 is 0. The van der Waals surface area contributed by atoms with Crippen molar-refractivity contribution in [2.24, 2.45) is 0 Å². The zero-order valence-electron chi connectivity index (χ0n) is 12.0. The van der Waals surface area contributed by atoms with Crippen LogP contribution in [0.4, 0.5) is 0 Å². The zero-order valence-corrected chi connectivity index (χ0v) is 12.0. The van der Waals surface area contributed by atoms with Crippen LogP contribution in [0.3, 0.4) is 0 Å². The highest BCUT2D eigenvalue weighted by Crippen LogP contribution is 2.22. The monoisotopic (exact) mass is 278 g/mol. The second-order valence-electron chi connectivity index (χ2n) is 4.95. The Balaban J connectivity index is 1.79. The van der Waals surface area contributed by atoms with E-state index in [9.17, 15) is 0 Å². The van der Waals surface area contributed by atoms with Crippen LogP contribution in [0.2, 0.25) is 0 Å². The highest BCUT2D eigenvalue weighted by Gasteiger charge is 2.10. The minimum absolute atomic E-state index is 0.219. The van der Waals surface area contributed by atoms with Crippen LogP contribution in [-0.4, -0.2) is 21.8 Å². The molecule has 0 aliphatic heterocycles. The minimum atomic E-state index is 0.219. The van der Waals surface area contributed by atoms with Crippen molar-refractivity contribution in [1.82, 2.24) is 20.1 Å². The van der Waals surface area contributed by atoms with Gasteiger partial charge in [0, 0.05) is 0 Å². The van der Waals surface area contributed by atoms with E-state index in [1.807, 2.05) is 17.8 Å². The Morgan fingerprint density at radius 2 is 1.71 bits per heavy atom. The molecule has 2 aromatic carbocycles. The van der Waals surface area contributed by atoms with Crippen LogP contribution < -0.4 is 5.32 Å². The van der Waals surface area contributed by atoms with E-state index in [0.717, 1.165) is 6.54 Å². The van der Waals surface area contributed by atoms with Crippen molar-refractivity contribution in [3.8, 4) is 11.1 Å². The number of aromatic nitrogens is 3. The van der Waals surface area contributed by atoms with Crippen LogP contribution in [0, 0.1) is 0 Å². The summed E-state index contributed by atoms with van der Waals surface area (Å²) < 4.78 is 1.84. The number of hydrogen-bond acceptors (Lipinski definition) is 3.